The van der Waals surface area contributed by atoms with Crippen molar-refractivity contribution >= 4 is 21.4 Å². The van der Waals surface area contributed by atoms with E-state index in [0.717, 1.165) is 0 Å². The van der Waals surface area contributed by atoms with Crippen LogP contribution in [0.5, 0.6) is 0 Å². The molecule has 10 heavy (non-hydrogen) atoms. The monoisotopic (exact) mass is 218 g/mol. The van der Waals surface area contributed by atoms with Gasteiger partial charge in [-0.3, -0.25) is 9.11 Å². The van der Waals surface area contributed by atoms with Crippen LogP contribution in [0.25, 0.3) is 0 Å². The zero-order valence-electron chi connectivity index (χ0n) is 4.79. The summed E-state index contributed by atoms with van der Waals surface area (Å²) >= 11 is 0. The van der Waals surface area contributed by atoms with E-state index in [1.54, 1.807) is 0 Å². The first-order chi connectivity index (χ1) is 3.73. The fraction of sp³-hybridized carbons (Fsp3) is 0. The van der Waals surface area contributed by atoms with Crippen molar-refractivity contribution < 1.29 is 81.9 Å². The topological polar surface area (TPSA) is 129 Å². The quantitative estimate of drug-likeness (QED) is 0.164. The first kappa shape index (κ1) is 17.5. The fourth-order valence-corrected chi connectivity index (χ4v) is 0. The maximum absolute atomic E-state index is 8.74. The van der Waals surface area contributed by atoms with Crippen molar-refractivity contribution in [2.75, 3.05) is 0 Å². The van der Waals surface area contributed by atoms with E-state index in [2.05, 4.69) is 0 Å². The molecule has 0 bridgehead atoms. The van der Waals surface area contributed by atoms with Crippen molar-refractivity contribution in [1.29, 1.82) is 0 Å². The van der Waals surface area contributed by atoms with Crippen LogP contribution < -0.4 is 51.4 Å². The molecule has 0 unspecified atom stereocenters. The third kappa shape index (κ3) is 332. The van der Waals surface area contributed by atoms with Gasteiger partial charge >= 0.3 is 61.8 Å². The Morgan fingerprint density at radius 2 is 1.10 bits per heavy atom. The van der Waals surface area contributed by atoms with Gasteiger partial charge in [0.25, 0.3) is 0 Å². The van der Waals surface area contributed by atoms with Gasteiger partial charge < -0.3 is 13.0 Å². The van der Waals surface area contributed by atoms with Crippen LogP contribution in [-0.4, -0.2) is 22.1 Å². The number of hydrogen-bond donors (Lipinski definition) is 3. The molecule has 0 saturated heterocycles. The minimum Gasteiger partial charge on any atom is -0.439 e. The number of rotatable bonds is 0. The Hall–Kier alpha value is 1.42. The van der Waals surface area contributed by atoms with E-state index < -0.39 is 21.4 Å². The average molecular weight is 218 g/mol. The SMILES string of the molecule is O=S(=O)(O)O.O=[S-](=O)O.[K+]. The zero-order valence-corrected chi connectivity index (χ0v) is 9.55. The van der Waals surface area contributed by atoms with E-state index in [9.17, 15) is 0 Å². The third-order valence-electron chi connectivity index (χ3n) is 0. The smallest absolute Gasteiger partial charge is 0.439 e. The molecular weight excluding hydrogens is 215 g/mol. The Bertz CT molecular complexity index is 192. The number of hydrogen-bond acceptors (Lipinski definition) is 5. The Kier molecular flexibility index (Phi) is 14.9. The molecule has 7 nitrogen and oxygen atoms in total. The van der Waals surface area contributed by atoms with E-state index in [-0.39, 0.29) is 51.4 Å². The molecule has 0 rings (SSSR count). The van der Waals surface area contributed by atoms with Gasteiger partial charge in [0.05, 0.1) is 0 Å². The molecule has 0 amide bonds. The molecule has 0 fully saturated rings. The van der Waals surface area contributed by atoms with Crippen LogP contribution in [0.15, 0.2) is 0 Å². The van der Waals surface area contributed by atoms with Crippen LogP contribution in [-0.2, 0) is 29.8 Å². The molecule has 0 atom stereocenters. The Balaban J connectivity index is -0.0000000910. The zero-order chi connectivity index (χ0) is 8.08. The molecule has 0 saturated carbocycles. The maximum Gasteiger partial charge on any atom is 1.00 e. The Morgan fingerprint density at radius 1 is 1.10 bits per heavy atom. The van der Waals surface area contributed by atoms with E-state index in [1.165, 1.54) is 0 Å². The predicted octanol–water partition coefficient (Wildman–Crippen LogP) is -3.88. The average Bonchev–Trinajstić information content (AvgIpc) is 1.19. The van der Waals surface area contributed by atoms with Crippen LogP contribution in [0.1, 0.15) is 0 Å². The van der Waals surface area contributed by atoms with Gasteiger partial charge in [0, 0.05) is 11.0 Å². The van der Waals surface area contributed by atoms with Crippen LogP contribution in [0.3, 0.4) is 0 Å². The summed E-state index contributed by atoms with van der Waals surface area (Å²) in [6.45, 7) is 0. The summed E-state index contributed by atoms with van der Waals surface area (Å²) in [5.41, 5.74) is 0. The van der Waals surface area contributed by atoms with E-state index in [0.29, 0.717) is 0 Å². The summed E-state index contributed by atoms with van der Waals surface area (Å²) in [6, 6.07) is 0. The molecule has 0 aliphatic carbocycles. The molecule has 58 valence electrons. The third-order valence-corrected chi connectivity index (χ3v) is 0. The van der Waals surface area contributed by atoms with Crippen molar-refractivity contribution in [3.05, 3.63) is 0 Å². The molecule has 10 heteroatoms. The predicted molar refractivity (Wildman–Crippen MR) is 25.5 cm³/mol. The first-order valence-corrected chi connectivity index (χ1v) is 3.64. The van der Waals surface area contributed by atoms with Gasteiger partial charge in [0.1, 0.15) is 0 Å². The molecule has 0 spiro atoms. The van der Waals surface area contributed by atoms with E-state index >= 15 is 0 Å². The van der Waals surface area contributed by atoms with Crippen molar-refractivity contribution in [2.45, 2.75) is 0 Å². The van der Waals surface area contributed by atoms with Gasteiger partial charge in [0.15, 0.2) is 0 Å². The van der Waals surface area contributed by atoms with E-state index in [4.69, 9.17) is 30.5 Å². The fourth-order valence-electron chi connectivity index (χ4n) is 0. The Morgan fingerprint density at radius 3 is 1.10 bits per heavy atom. The minimum absolute atomic E-state index is 0. The summed E-state index contributed by atoms with van der Waals surface area (Å²) in [4.78, 5) is 0. The summed E-state index contributed by atoms with van der Waals surface area (Å²) in [7, 11) is -7.53. The minimum atomic E-state index is -4.67. The molecule has 0 radical (unpaired) electrons. The molecule has 3 N–H and O–H groups in total. The summed E-state index contributed by atoms with van der Waals surface area (Å²) in [5, 5.41) is 0. The second-order valence-electron chi connectivity index (χ2n) is 0.665. The van der Waals surface area contributed by atoms with Gasteiger partial charge in [-0.15, -0.1) is 0 Å². The summed E-state index contributed by atoms with van der Waals surface area (Å²) in [5.74, 6) is 0. The first-order valence-electron chi connectivity index (χ1n) is 1.21. The van der Waals surface area contributed by atoms with Crippen molar-refractivity contribution in [1.82, 2.24) is 0 Å². The van der Waals surface area contributed by atoms with Gasteiger partial charge in [-0.1, -0.05) is 0 Å². The molecule has 0 aliphatic heterocycles. The van der Waals surface area contributed by atoms with Crippen LogP contribution in [0, 0.1) is 0 Å². The largest absolute Gasteiger partial charge is 1.00 e. The molecule has 0 aromatic carbocycles. The van der Waals surface area contributed by atoms with E-state index in [1.807, 2.05) is 0 Å². The maximum atomic E-state index is 8.74. The van der Waals surface area contributed by atoms with Crippen molar-refractivity contribution in [2.24, 2.45) is 0 Å². The second-order valence-corrected chi connectivity index (χ2v) is 1.99. The van der Waals surface area contributed by atoms with Crippen LogP contribution in [0.2, 0.25) is 0 Å². The molecule has 0 aliphatic rings. The summed E-state index contributed by atoms with van der Waals surface area (Å²) in [6.07, 6.45) is 0. The van der Waals surface area contributed by atoms with Gasteiger partial charge in [-0.25, -0.2) is 0 Å². The molecule has 0 aromatic heterocycles. The van der Waals surface area contributed by atoms with Gasteiger partial charge in [0.2, 0.25) is 0 Å². The second kappa shape index (κ2) is 8.51. The molecule has 0 aromatic rings. The van der Waals surface area contributed by atoms with Gasteiger partial charge in [-0.05, 0) is 0 Å². The standard InChI is InChI=1S/K.H2O4S.HO3S/c;1-5(2,3)4;1-4(2)3/h;(H2,1,2,3,4);(H,1,2,3)/q+1;;-1. The van der Waals surface area contributed by atoms with Crippen molar-refractivity contribution in [3.63, 3.8) is 0 Å². The van der Waals surface area contributed by atoms with Crippen LogP contribution >= 0.6 is 0 Å². The van der Waals surface area contributed by atoms with Gasteiger partial charge in [-0.2, -0.15) is 8.42 Å². The normalized spacial score (nSPS) is 9.20. The Labute approximate surface area is 102 Å². The molecule has 0 heterocycles. The van der Waals surface area contributed by atoms with Crippen LogP contribution in [0.4, 0.5) is 0 Å². The summed E-state index contributed by atoms with van der Waals surface area (Å²) < 4.78 is 55.7. The molecular formula is H3KO7S2. The van der Waals surface area contributed by atoms with Crippen molar-refractivity contribution in [3.8, 4) is 0 Å².